The SMILES string of the molecule is Clc1cnccc1NC1Cc2ccccc2C1. The molecule has 1 heterocycles. The van der Waals surface area contributed by atoms with Crippen molar-refractivity contribution in [2.45, 2.75) is 18.9 Å². The molecular weight excluding hydrogens is 232 g/mol. The normalized spacial score (nSPS) is 14.6. The molecule has 0 bridgehead atoms. The third-order valence-electron chi connectivity index (χ3n) is 3.18. The van der Waals surface area contributed by atoms with Crippen LogP contribution < -0.4 is 5.32 Å². The Kier molecular flexibility index (Phi) is 2.73. The maximum atomic E-state index is 6.09. The summed E-state index contributed by atoms with van der Waals surface area (Å²) >= 11 is 6.09. The second kappa shape index (κ2) is 4.38. The van der Waals surface area contributed by atoms with Crippen LogP contribution in [0.1, 0.15) is 11.1 Å². The lowest BCUT2D eigenvalue weighted by Crippen LogP contribution is -2.19. The van der Waals surface area contributed by atoms with E-state index in [1.165, 1.54) is 11.1 Å². The highest BCUT2D eigenvalue weighted by molar-refractivity contribution is 6.33. The molecule has 86 valence electrons. The Morgan fingerprint density at radius 1 is 1.12 bits per heavy atom. The van der Waals surface area contributed by atoms with Crippen LogP contribution in [0.3, 0.4) is 0 Å². The third-order valence-corrected chi connectivity index (χ3v) is 3.48. The van der Waals surface area contributed by atoms with Gasteiger partial charge in [0.15, 0.2) is 0 Å². The van der Waals surface area contributed by atoms with Gasteiger partial charge in [-0.05, 0) is 30.0 Å². The zero-order valence-corrected chi connectivity index (χ0v) is 10.1. The quantitative estimate of drug-likeness (QED) is 0.877. The molecule has 0 saturated carbocycles. The number of aromatic nitrogens is 1. The number of benzene rings is 1. The fourth-order valence-corrected chi connectivity index (χ4v) is 2.55. The maximum absolute atomic E-state index is 6.09. The average Bonchev–Trinajstić information content (AvgIpc) is 2.74. The van der Waals surface area contributed by atoms with Crippen LogP contribution in [0.5, 0.6) is 0 Å². The van der Waals surface area contributed by atoms with E-state index in [4.69, 9.17) is 11.6 Å². The number of nitrogens with zero attached hydrogens (tertiary/aromatic N) is 1. The molecule has 1 aliphatic rings. The van der Waals surface area contributed by atoms with Crippen molar-refractivity contribution in [2.75, 3.05) is 5.32 Å². The van der Waals surface area contributed by atoms with E-state index in [0.717, 1.165) is 18.5 Å². The van der Waals surface area contributed by atoms with Crippen LogP contribution >= 0.6 is 11.6 Å². The highest BCUT2D eigenvalue weighted by atomic mass is 35.5. The largest absolute Gasteiger partial charge is 0.380 e. The van der Waals surface area contributed by atoms with Gasteiger partial charge >= 0.3 is 0 Å². The maximum Gasteiger partial charge on any atom is 0.0820 e. The van der Waals surface area contributed by atoms with Crippen molar-refractivity contribution in [1.29, 1.82) is 0 Å². The Labute approximate surface area is 106 Å². The van der Waals surface area contributed by atoms with E-state index in [-0.39, 0.29) is 0 Å². The lowest BCUT2D eigenvalue weighted by atomic mass is 10.1. The number of fused-ring (bicyclic) bond motifs is 1. The smallest absolute Gasteiger partial charge is 0.0820 e. The molecule has 0 saturated heterocycles. The van der Waals surface area contributed by atoms with Gasteiger partial charge in [-0.2, -0.15) is 0 Å². The van der Waals surface area contributed by atoms with Crippen LogP contribution in [0.25, 0.3) is 0 Å². The minimum absolute atomic E-state index is 0.437. The molecule has 0 fully saturated rings. The molecule has 1 aliphatic carbocycles. The van der Waals surface area contributed by atoms with E-state index in [1.54, 1.807) is 12.4 Å². The van der Waals surface area contributed by atoms with E-state index >= 15 is 0 Å². The van der Waals surface area contributed by atoms with Gasteiger partial charge in [0, 0.05) is 18.4 Å². The van der Waals surface area contributed by atoms with Gasteiger partial charge in [0.2, 0.25) is 0 Å². The van der Waals surface area contributed by atoms with Crippen molar-refractivity contribution >= 4 is 17.3 Å². The van der Waals surface area contributed by atoms with Gasteiger partial charge < -0.3 is 5.32 Å². The van der Waals surface area contributed by atoms with Crippen LogP contribution in [-0.2, 0) is 12.8 Å². The summed E-state index contributed by atoms with van der Waals surface area (Å²) in [5.74, 6) is 0. The van der Waals surface area contributed by atoms with Crippen molar-refractivity contribution in [3.05, 3.63) is 58.9 Å². The highest BCUT2D eigenvalue weighted by Gasteiger charge is 2.20. The van der Waals surface area contributed by atoms with E-state index in [9.17, 15) is 0 Å². The van der Waals surface area contributed by atoms with Gasteiger partial charge in [0.1, 0.15) is 0 Å². The summed E-state index contributed by atoms with van der Waals surface area (Å²) in [5.41, 5.74) is 3.85. The Balaban J connectivity index is 1.76. The predicted octanol–water partition coefficient (Wildman–Crippen LogP) is 3.31. The van der Waals surface area contributed by atoms with Crippen molar-refractivity contribution in [3.8, 4) is 0 Å². The number of hydrogen-bond donors (Lipinski definition) is 1. The molecule has 2 aromatic rings. The number of rotatable bonds is 2. The monoisotopic (exact) mass is 244 g/mol. The first-order valence-corrected chi connectivity index (χ1v) is 6.13. The second-order valence-electron chi connectivity index (χ2n) is 4.37. The molecule has 3 heteroatoms. The van der Waals surface area contributed by atoms with Crippen molar-refractivity contribution < 1.29 is 0 Å². The Bertz CT molecular complexity index is 514. The van der Waals surface area contributed by atoms with Crippen molar-refractivity contribution in [3.63, 3.8) is 0 Å². The molecule has 1 aromatic carbocycles. The Hall–Kier alpha value is -1.54. The number of hydrogen-bond acceptors (Lipinski definition) is 2. The van der Waals surface area contributed by atoms with E-state index < -0.39 is 0 Å². The van der Waals surface area contributed by atoms with Crippen LogP contribution in [0.2, 0.25) is 5.02 Å². The predicted molar refractivity (Wildman–Crippen MR) is 70.5 cm³/mol. The minimum atomic E-state index is 0.437. The summed E-state index contributed by atoms with van der Waals surface area (Å²) in [5, 5.41) is 4.17. The summed E-state index contributed by atoms with van der Waals surface area (Å²) < 4.78 is 0. The number of anilines is 1. The summed E-state index contributed by atoms with van der Waals surface area (Å²) in [6.07, 6.45) is 5.56. The first-order chi connectivity index (χ1) is 8.33. The number of nitrogens with one attached hydrogen (secondary N) is 1. The summed E-state index contributed by atoms with van der Waals surface area (Å²) in [7, 11) is 0. The van der Waals surface area contributed by atoms with E-state index in [1.807, 2.05) is 6.07 Å². The van der Waals surface area contributed by atoms with Crippen LogP contribution in [0.4, 0.5) is 5.69 Å². The molecule has 0 spiro atoms. The van der Waals surface area contributed by atoms with Crippen LogP contribution in [0, 0.1) is 0 Å². The fraction of sp³-hybridized carbons (Fsp3) is 0.214. The van der Waals surface area contributed by atoms with Gasteiger partial charge in [-0.15, -0.1) is 0 Å². The lowest BCUT2D eigenvalue weighted by Gasteiger charge is -2.14. The molecule has 1 aromatic heterocycles. The summed E-state index contributed by atoms with van der Waals surface area (Å²) in [6, 6.07) is 11.0. The molecule has 0 amide bonds. The van der Waals surface area contributed by atoms with Crippen LogP contribution in [-0.4, -0.2) is 11.0 Å². The average molecular weight is 245 g/mol. The zero-order valence-electron chi connectivity index (χ0n) is 9.36. The van der Waals surface area contributed by atoms with E-state index in [0.29, 0.717) is 11.1 Å². The molecule has 1 N–H and O–H groups in total. The van der Waals surface area contributed by atoms with Gasteiger partial charge in [-0.3, -0.25) is 4.98 Å². The summed E-state index contributed by atoms with van der Waals surface area (Å²) in [4.78, 5) is 3.99. The molecule has 0 aliphatic heterocycles. The fourth-order valence-electron chi connectivity index (χ4n) is 2.37. The molecular formula is C14H13ClN2. The highest BCUT2D eigenvalue weighted by Crippen LogP contribution is 2.27. The molecule has 17 heavy (non-hydrogen) atoms. The topological polar surface area (TPSA) is 24.9 Å². The zero-order chi connectivity index (χ0) is 11.7. The first kappa shape index (κ1) is 10.6. The Morgan fingerprint density at radius 3 is 2.47 bits per heavy atom. The number of pyridine rings is 1. The van der Waals surface area contributed by atoms with E-state index in [2.05, 4.69) is 34.6 Å². The third kappa shape index (κ3) is 2.13. The first-order valence-electron chi connectivity index (χ1n) is 5.76. The van der Waals surface area contributed by atoms with Gasteiger partial charge in [0.05, 0.1) is 10.7 Å². The standard InChI is InChI=1S/C14H13ClN2/c15-13-9-16-6-5-14(13)17-12-7-10-3-1-2-4-11(10)8-12/h1-6,9,12H,7-8H2,(H,16,17). The molecule has 0 unspecified atom stereocenters. The summed E-state index contributed by atoms with van der Waals surface area (Å²) in [6.45, 7) is 0. The molecule has 0 atom stereocenters. The number of halogens is 1. The van der Waals surface area contributed by atoms with Gasteiger partial charge in [0.25, 0.3) is 0 Å². The lowest BCUT2D eigenvalue weighted by molar-refractivity contribution is 0.774. The van der Waals surface area contributed by atoms with Gasteiger partial charge in [-0.1, -0.05) is 35.9 Å². The molecule has 0 radical (unpaired) electrons. The van der Waals surface area contributed by atoms with Crippen molar-refractivity contribution in [2.24, 2.45) is 0 Å². The Morgan fingerprint density at radius 2 is 1.82 bits per heavy atom. The van der Waals surface area contributed by atoms with Crippen molar-refractivity contribution in [1.82, 2.24) is 4.98 Å². The minimum Gasteiger partial charge on any atom is -0.380 e. The van der Waals surface area contributed by atoms with Crippen LogP contribution in [0.15, 0.2) is 42.7 Å². The molecule has 2 nitrogen and oxygen atoms in total. The molecule has 3 rings (SSSR count). The van der Waals surface area contributed by atoms with Gasteiger partial charge in [-0.25, -0.2) is 0 Å². The second-order valence-corrected chi connectivity index (χ2v) is 4.78.